The van der Waals surface area contributed by atoms with E-state index in [2.05, 4.69) is 60.5 Å². The van der Waals surface area contributed by atoms with Crippen molar-refractivity contribution in [3.63, 3.8) is 0 Å². The van der Waals surface area contributed by atoms with Crippen LogP contribution in [0.2, 0.25) is 0 Å². The maximum Gasteiger partial charge on any atom is 0.230 e. The van der Waals surface area contributed by atoms with Gasteiger partial charge in [0, 0.05) is 13.0 Å². The summed E-state index contributed by atoms with van der Waals surface area (Å²) in [5, 5.41) is 6.89. The van der Waals surface area contributed by atoms with Crippen LogP contribution in [0, 0.1) is 6.92 Å². The van der Waals surface area contributed by atoms with Gasteiger partial charge < -0.3 is 9.84 Å². The number of nitrogens with zero attached hydrogens (tertiary/aromatic N) is 2. The Bertz CT molecular complexity index is 655. The summed E-state index contributed by atoms with van der Waals surface area (Å²) in [4.78, 5) is 16.2. The molecule has 1 N–H and O–H groups in total. The molecule has 1 amide bonds. The van der Waals surface area contributed by atoms with Crippen molar-refractivity contribution in [2.24, 2.45) is 0 Å². The van der Waals surface area contributed by atoms with Gasteiger partial charge in [0.05, 0.1) is 11.5 Å². The fourth-order valence-electron chi connectivity index (χ4n) is 2.78. The lowest BCUT2D eigenvalue weighted by Gasteiger charge is -2.29. The van der Waals surface area contributed by atoms with Crippen LogP contribution in [0.4, 0.5) is 0 Å². The Morgan fingerprint density at radius 1 is 1.33 bits per heavy atom. The Hall–Kier alpha value is -1.82. The summed E-state index contributed by atoms with van der Waals surface area (Å²) >= 11 is 1.49. The van der Waals surface area contributed by atoms with Gasteiger partial charge in [-0.2, -0.15) is 4.98 Å². The predicted octanol–water partition coefficient (Wildman–Crippen LogP) is 3.48. The molecule has 2 aromatic rings. The summed E-state index contributed by atoms with van der Waals surface area (Å²) in [6.07, 6.45) is 0.886. The van der Waals surface area contributed by atoms with Crippen molar-refractivity contribution in [2.75, 3.05) is 5.75 Å². The molecule has 2 rings (SSSR count). The van der Waals surface area contributed by atoms with Gasteiger partial charge in [0.1, 0.15) is 0 Å². The van der Waals surface area contributed by atoms with Crippen LogP contribution in [-0.2, 0) is 16.0 Å². The van der Waals surface area contributed by atoms with Gasteiger partial charge in [-0.3, -0.25) is 4.79 Å². The molecule has 0 aliphatic carbocycles. The smallest absolute Gasteiger partial charge is 0.230 e. The topological polar surface area (TPSA) is 68.0 Å². The van der Waals surface area contributed by atoms with Crippen molar-refractivity contribution in [3.05, 3.63) is 47.6 Å². The monoisotopic (exact) mass is 347 g/mol. The van der Waals surface area contributed by atoms with Crippen LogP contribution in [0.15, 0.2) is 34.9 Å². The zero-order valence-corrected chi connectivity index (χ0v) is 15.5. The molecule has 1 heterocycles. The van der Waals surface area contributed by atoms with Crippen molar-refractivity contribution >= 4 is 17.7 Å². The van der Waals surface area contributed by atoms with E-state index in [-0.39, 0.29) is 17.4 Å². The standard InChI is InChI=1S/C18H25N3O2S/c1-13(10-18(3,4)15-8-6-5-7-9-15)19-17(22)12-24-11-16-20-14(2)23-21-16/h5-9,13H,10-12H2,1-4H3,(H,19,22)/t13-/m0/s1. The Morgan fingerprint density at radius 3 is 2.67 bits per heavy atom. The number of thioether (sulfide) groups is 1. The normalized spacial score (nSPS) is 12.8. The van der Waals surface area contributed by atoms with E-state index < -0.39 is 0 Å². The molecule has 0 aliphatic rings. The van der Waals surface area contributed by atoms with E-state index in [1.165, 1.54) is 17.3 Å². The average molecular weight is 347 g/mol. The molecule has 0 fully saturated rings. The largest absolute Gasteiger partial charge is 0.353 e. The third-order valence-electron chi connectivity index (χ3n) is 3.81. The van der Waals surface area contributed by atoms with Crippen LogP contribution >= 0.6 is 11.8 Å². The fraction of sp³-hybridized carbons (Fsp3) is 0.500. The van der Waals surface area contributed by atoms with Crippen LogP contribution in [-0.4, -0.2) is 27.8 Å². The first-order chi connectivity index (χ1) is 11.4. The molecule has 0 unspecified atom stereocenters. The molecular weight excluding hydrogens is 322 g/mol. The number of rotatable bonds is 8. The van der Waals surface area contributed by atoms with Crippen LogP contribution in [0.25, 0.3) is 0 Å². The van der Waals surface area contributed by atoms with E-state index in [0.29, 0.717) is 23.2 Å². The summed E-state index contributed by atoms with van der Waals surface area (Å²) in [5.74, 6) is 2.19. The highest BCUT2D eigenvalue weighted by molar-refractivity contribution is 7.99. The molecule has 0 bridgehead atoms. The highest BCUT2D eigenvalue weighted by Gasteiger charge is 2.23. The Morgan fingerprint density at radius 2 is 2.04 bits per heavy atom. The van der Waals surface area contributed by atoms with E-state index in [1.807, 2.05) is 6.07 Å². The lowest BCUT2D eigenvalue weighted by Crippen LogP contribution is -2.38. The molecule has 1 aromatic carbocycles. The summed E-state index contributed by atoms with van der Waals surface area (Å²) in [6, 6.07) is 10.5. The second kappa shape index (κ2) is 8.33. The number of carbonyl (C=O) groups is 1. The Labute approximate surface area is 147 Å². The first kappa shape index (κ1) is 18.5. The van der Waals surface area contributed by atoms with E-state index in [1.54, 1.807) is 6.92 Å². The molecule has 1 atom stereocenters. The maximum absolute atomic E-state index is 12.1. The zero-order chi connectivity index (χ0) is 17.6. The number of hydrogen-bond donors (Lipinski definition) is 1. The second-order valence-corrected chi connectivity index (χ2v) is 7.63. The van der Waals surface area contributed by atoms with E-state index >= 15 is 0 Å². The molecule has 24 heavy (non-hydrogen) atoms. The summed E-state index contributed by atoms with van der Waals surface area (Å²) in [5.41, 5.74) is 1.30. The zero-order valence-electron chi connectivity index (χ0n) is 14.7. The molecule has 0 radical (unpaired) electrons. The van der Waals surface area contributed by atoms with Crippen molar-refractivity contribution in [3.8, 4) is 0 Å². The third-order valence-corrected chi connectivity index (χ3v) is 4.74. The Balaban J connectivity index is 1.75. The fourth-order valence-corrected chi connectivity index (χ4v) is 3.45. The van der Waals surface area contributed by atoms with E-state index in [4.69, 9.17) is 4.52 Å². The van der Waals surface area contributed by atoms with Gasteiger partial charge in [0.2, 0.25) is 11.8 Å². The lowest BCUT2D eigenvalue weighted by molar-refractivity contribution is -0.119. The minimum atomic E-state index is 0.0171. The molecular formula is C18H25N3O2S. The summed E-state index contributed by atoms with van der Waals surface area (Å²) in [7, 11) is 0. The maximum atomic E-state index is 12.1. The SMILES string of the molecule is Cc1nc(CSCC(=O)N[C@@H](C)CC(C)(C)c2ccccc2)no1. The number of hydrogen-bond acceptors (Lipinski definition) is 5. The lowest BCUT2D eigenvalue weighted by atomic mass is 9.79. The second-order valence-electron chi connectivity index (χ2n) is 6.65. The van der Waals surface area contributed by atoms with Gasteiger partial charge in [0.15, 0.2) is 5.82 Å². The first-order valence-corrected chi connectivity index (χ1v) is 9.24. The highest BCUT2D eigenvalue weighted by atomic mass is 32.2. The molecule has 6 heteroatoms. The molecule has 5 nitrogen and oxygen atoms in total. The minimum absolute atomic E-state index is 0.0171. The van der Waals surface area contributed by atoms with Crippen LogP contribution in [0.1, 0.15) is 44.5 Å². The summed E-state index contributed by atoms with van der Waals surface area (Å²) < 4.78 is 4.91. The van der Waals surface area contributed by atoms with Gasteiger partial charge in [0.25, 0.3) is 0 Å². The van der Waals surface area contributed by atoms with E-state index in [0.717, 1.165) is 6.42 Å². The minimum Gasteiger partial charge on any atom is -0.353 e. The van der Waals surface area contributed by atoms with Crippen molar-refractivity contribution in [1.29, 1.82) is 0 Å². The van der Waals surface area contributed by atoms with Crippen LogP contribution in [0.3, 0.4) is 0 Å². The van der Waals surface area contributed by atoms with Gasteiger partial charge >= 0.3 is 0 Å². The quantitative estimate of drug-likeness (QED) is 0.792. The molecule has 0 spiro atoms. The van der Waals surface area contributed by atoms with Crippen LogP contribution < -0.4 is 5.32 Å². The van der Waals surface area contributed by atoms with E-state index in [9.17, 15) is 4.79 Å². The first-order valence-electron chi connectivity index (χ1n) is 8.08. The third kappa shape index (κ3) is 5.67. The number of carbonyl (C=O) groups excluding carboxylic acids is 1. The number of amides is 1. The predicted molar refractivity (Wildman–Crippen MR) is 96.9 cm³/mol. The molecule has 0 saturated carbocycles. The Kier molecular flexibility index (Phi) is 6.43. The summed E-state index contributed by atoms with van der Waals surface area (Å²) in [6.45, 7) is 8.22. The molecule has 1 aromatic heterocycles. The number of aryl methyl sites for hydroxylation is 1. The number of aromatic nitrogens is 2. The van der Waals surface area contributed by atoms with Crippen LogP contribution in [0.5, 0.6) is 0 Å². The molecule has 0 aliphatic heterocycles. The molecule has 130 valence electrons. The van der Waals surface area contributed by atoms with Gasteiger partial charge in [-0.15, -0.1) is 11.8 Å². The van der Waals surface area contributed by atoms with Crippen molar-refractivity contribution < 1.29 is 9.32 Å². The number of nitrogens with one attached hydrogen (secondary N) is 1. The van der Waals surface area contributed by atoms with Crippen molar-refractivity contribution in [2.45, 2.75) is 51.3 Å². The number of benzene rings is 1. The molecule has 0 saturated heterocycles. The average Bonchev–Trinajstić information content (AvgIpc) is 2.93. The van der Waals surface area contributed by atoms with Gasteiger partial charge in [-0.05, 0) is 24.3 Å². The van der Waals surface area contributed by atoms with Gasteiger partial charge in [-0.25, -0.2) is 0 Å². The van der Waals surface area contributed by atoms with Crippen molar-refractivity contribution in [1.82, 2.24) is 15.5 Å². The highest BCUT2D eigenvalue weighted by Crippen LogP contribution is 2.28. The van der Waals surface area contributed by atoms with Gasteiger partial charge in [-0.1, -0.05) is 49.3 Å².